The van der Waals surface area contributed by atoms with Crippen molar-refractivity contribution in [1.29, 1.82) is 5.26 Å². The summed E-state index contributed by atoms with van der Waals surface area (Å²) in [7, 11) is 0. The van der Waals surface area contributed by atoms with Gasteiger partial charge in [-0.2, -0.15) is 5.26 Å². The Bertz CT molecular complexity index is 834. The van der Waals surface area contributed by atoms with E-state index in [4.69, 9.17) is 12.2 Å². The highest BCUT2D eigenvalue weighted by Crippen LogP contribution is 2.27. The first-order valence-electron chi connectivity index (χ1n) is 6.62. The first-order chi connectivity index (χ1) is 10.7. The Balaban J connectivity index is 2.00. The molecule has 2 aromatic carbocycles. The SMILES string of the molecule is N#C/C(C(=S)Nc1ccccc1)=C1/NC(=O)c2ccccc21. The largest absolute Gasteiger partial charge is 0.345 e. The maximum Gasteiger partial charge on any atom is 0.256 e. The molecule has 22 heavy (non-hydrogen) atoms. The number of rotatable bonds is 2. The van der Waals surface area contributed by atoms with Crippen LogP contribution in [0.15, 0.2) is 60.2 Å². The summed E-state index contributed by atoms with van der Waals surface area (Å²) in [6, 6.07) is 18.6. The van der Waals surface area contributed by atoms with Crippen LogP contribution < -0.4 is 10.6 Å². The fourth-order valence-electron chi connectivity index (χ4n) is 2.28. The molecular formula is C17H11N3OS. The number of nitrogens with zero attached hydrogens (tertiary/aromatic N) is 1. The molecule has 1 amide bonds. The molecule has 0 saturated carbocycles. The second-order valence-corrected chi connectivity index (χ2v) is 5.09. The Labute approximate surface area is 133 Å². The molecule has 106 valence electrons. The van der Waals surface area contributed by atoms with Crippen molar-refractivity contribution in [2.45, 2.75) is 0 Å². The van der Waals surface area contributed by atoms with Crippen LogP contribution in [0.3, 0.4) is 0 Å². The van der Waals surface area contributed by atoms with E-state index in [1.165, 1.54) is 0 Å². The average Bonchev–Trinajstić information content (AvgIpc) is 2.87. The zero-order chi connectivity index (χ0) is 15.5. The maximum atomic E-state index is 12.0. The molecule has 0 spiro atoms. The monoisotopic (exact) mass is 305 g/mol. The predicted octanol–water partition coefficient (Wildman–Crippen LogP) is 3.10. The van der Waals surface area contributed by atoms with Crippen LogP contribution in [0.1, 0.15) is 15.9 Å². The van der Waals surface area contributed by atoms with Crippen molar-refractivity contribution in [1.82, 2.24) is 5.32 Å². The van der Waals surface area contributed by atoms with Gasteiger partial charge in [-0.3, -0.25) is 4.79 Å². The fraction of sp³-hybridized carbons (Fsp3) is 0. The average molecular weight is 305 g/mol. The van der Waals surface area contributed by atoms with E-state index in [9.17, 15) is 10.1 Å². The summed E-state index contributed by atoms with van der Waals surface area (Å²) in [5.74, 6) is -0.221. The van der Waals surface area contributed by atoms with Gasteiger partial charge in [0, 0.05) is 16.8 Å². The molecule has 1 heterocycles. The Morgan fingerprint density at radius 3 is 2.36 bits per heavy atom. The fourth-order valence-corrected chi connectivity index (χ4v) is 2.55. The second kappa shape index (κ2) is 5.80. The molecule has 0 aromatic heterocycles. The highest BCUT2D eigenvalue weighted by Gasteiger charge is 2.27. The third kappa shape index (κ3) is 2.48. The molecule has 0 fully saturated rings. The summed E-state index contributed by atoms with van der Waals surface area (Å²) in [4.78, 5) is 12.2. The predicted molar refractivity (Wildman–Crippen MR) is 89.1 cm³/mol. The van der Waals surface area contributed by atoms with Gasteiger partial charge in [-0.05, 0) is 18.2 Å². The summed E-state index contributed by atoms with van der Waals surface area (Å²) in [6.45, 7) is 0. The number of carbonyl (C=O) groups is 1. The third-order valence-corrected chi connectivity index (χ3v) is 3.61. The Morgan fingerprint density at radius 1 is 1.05 bits per heavy atom. The molecule has 5 heteroatoms. The number of fused-ring (bicyclic) bond motifs is 1. The number of nitriles is 1. The van der Waals surface area contributed by atoms with Crippen molar-refractivity contribution in [2.24, 2.45) is 0 Å². The lowest BCUT2D eigenvalue weighted by atomic mass is 10.0. The smallest absolute Gasteiger partial charge is 0.256 e. The van der Waals surface area contributed by atoms with Crippen LogP contribution in [-0.2, 0) is 0 Å². The van der Waals surface area contributed by atoms with Crippen molar-refractivity contribution in [3.63, 3.8) is 0 Å². The van der Waals surface area contributed by atoms with E-state index in [1.807, 2.05) is 36.4 Å². The molecule has 0 atom stereocenters. The van der Waals surface area contributed by atoms with Crippen LogP contribution in [0.5, 0.6) is 0 Å². The molecule has 2 N–H and O–H groups in total. The quantitative estimate of drug-likeness (QED) is 0.508. The third-order valence-electron chi connectivity index (χ3n) is 3.30. The molecule has 0 bridgehead atoms. The van der Waals surface area contributed by atoms with Gasteiger partial charge in [0.15, 0.2) is 0 Å². The number of hydrogen-bond acceptors (Lipinski definition) is 3. The molecule has 3 rings (SSSR count). The minimum Gasteiger partial charge on any atom is -0.345 e. The summed E-state index contributed by atoms with van der Waals surface area (Å²) in [6.07, 6.45) is 0. The van der Waals surface area contributed by atoms with Gasteiger partial charge in [-0.1, -0.05) is 48.6 Å². The van der Waals surface area contributed by atoms with Gasteiger partial charge in [0.05, 0.1) is 5.70 Å². The van der Waals surface area contributed by atoms with Crippen molar-refractivity contribution < 1.29 is 4.79 Å². The minimum absolute atomic E-state index is 0.221. The summed E-state index contributed by atoms with van der Waals surface area (Å²) in [5, 5.41) is 15.2. The van der Waals surface area contributed by atoms with Crippen molar-refractivity contribution in [3.8, 4) is 6.07 Å². The molecule has 0 aliphatic carbocycles. The zero-order valence-electron chi connectivity index (χ0n) is 11.5. The Hall–Kier alpha value is -2.97. The van der Waals surface area contributed by atoms with E-state index < -0.39 is 0 Å². The lowest BCUT2D eigenvalue weighted by Gasteiger charge is -2.09. The number of carbonyl (C=O) groups excluding carboxylic acids is 1. The molecule has 0 saturated heterocycles. The number of benzene rings is 2. The highest BCUT2D eigenvalue weighted by molar-refractivity contribution is 7.81. The van der Waals surface area contributed by atoms with E-state index in [0.29, 0.717) is 16.8 Å². The van der Waals surface area contributed by atoms with E-state index in [1.54, 1.807) is 18.2 Å². The second-order valence-electron chi connectivity index (χ2n) is 4.68. The van der Waals surface area contributed by atoms with Gasteiger partial charge in [0.25, 0.3) is 5.91 Å². The lowest BCUT2D eigenvalue weighted by molar-refractivity contribution is 0.0981. The minimum atomic E-state index is -0.221. The van der Waals surface area contributed by atoms with Gasteiger partial charge in [-0.25, -0.2) is 0 Å². The number of nitrogens with one attached hydrogen (secondary N) is 2. The van der Waals surface area contributed by atoms with E-state index >= 15 is 0 Å². The van der Waals surface area contributed by atoms with E-state index in [2.05, 4.69) is 16.7 Å². The van der Waals surface area contributed by atoms with Crippen LogP contribution in [-0.4, -0.2) is 10.9 Å². The molecular weight excluding hydrogens is 294 g/mol. The number of amides is 1. The summed E-state index contributed by atoms with van der Waals surface area (Å²) < 4.78 is 0. The highest BCUT2D eigenvalue weighted by atomic mass is 32.1. The number of thiocarbonyl (C=S) groups is 1. The molecule has 0 radical (unpaired) electrons. The van der Waals surface area contributed by atoms with Crippen LogP contribution in [0.25, 0.3) is 5.70 Å². The Kier molecular flexibility index (Phi) is 3.69. The van der Waals surface area contributed by atoms with Crippen LogP contribution in [0.2, 0.25) is 0 Å². The van der Waals surface area contributed by atoms with Gasteiger partial charge in [-0.15, -0.1) is 0 Å². The van der Waals surface area contributed by atoms with Gasteiger partial charge in [0.2, 0.25) is 0 Å². The molecule has 4 nitrogen and oxygen atoms in total. The molecule has 1 aliphatic rings. The van der Waals surface area contributed by atoms with Gasteiger partial charge >= 0.3 is 0 Å². The van der Waals surface area contributed by atoms with Crippen LogP contribution in [0, 0.1) is 11.3 Å². The zero-order valence-corrected chi connectivity index (χ0v) is 12.3. The summed E-state index contributed by atoms with van der Waals surface area (Å²) >= 11 is 5.32. The molecule has 1 aliphatic heterocycles. The van der Waals surface area contributed by atoms with Gasteiger partial charge in [0.1, 0.15) is 16.6 Å². The maximum absolute atomic E-state index is 12.0. The van der Waals surface area contributed by atoms with Crippen molar-refractivity contribution >= 4 is 34.5 Å². The first-order valence-corrected chi connectivity index (χ1v) is 7.03. The number of para-hydroxylation sites is 1. The topological polar surface area (TPSA) is 64.9 Å². The van der Waals surface area contributed by atoms with E-state index in [0.717, 1.165) is 5.69 Å². The van der Waals surface area contributed by atoms with Gasteiger partial charge < -0.3 is 10.6 Å². The molecule has 2 aromatic rings. The lowest BCUT2D eigenvalue weighted by Crippen LogP contribution is -2.18. The Morgan fingerprint density at radius 2 is 1.68 bits per heavy atom. The standard InChI is InChI=1S/C17H11N3OS/c18-10-14(17(22)19-11-6-2-1-3-7-11)15-12-8-4-5-9-13(12)16(21)20-15/h1-9H,(H,19,22)(H,20,21)/b15-14-. The molecule has 0 unspecified atom stereocenters. The van der Waals surface area contributed by atoms with Crippen LogP contribution >= 0.6 is 12.2 Å². The van der Waals surface area contributed by atoms with E-state index in [-0.39, 0.29) is 16.5 Å². The normalized spacial score (nSPS) is 14.6. The van der Waals surface area contributed by atoms with Crippen molar-refractivity contribution in [2.75, 3.05) is 5.32 Å². The van der Waals surface area contributed by atoms with Crippen molar-refractivity contribution in [3.05, 3.63) is 71.3 Å². The van der Waals surface area contributed by atoms with Crippen LogP contribution in [0.4, 0.5) is 5.69 Å². The number of anilines is 1. The first kappa shape index (κ1) is 14.0. The summed E-state index contributed by atoms with van der Waals surface area (Å²) in [5.41, 5.74) is 2.74. The number of hydrogen-bond donors (Lipinski definition) is 2.